The molecule has 3 aliphatic heterocycles. The molecular weight excluding hydrogens is 378 g/mol. The molecule has 0 aliphatic carbocycles. The second kappa shape index (κ2) is 7.09. The topological polar surface area (TPSA) is 74.0 Å². The van der Waals surface area contributed by atoms with E-state index in [9.17, 15) is 9.90 Å². The van der Waals surface area contributed by atoms with Crippen LogP contribution in [0.1, 0.15) is 36.8 Å². The molecule has 0 aromatic heterocycles. The maximum atomic E-state index is 11.2. The monoisotopic (exact) mass is 405 g/mol. The smallest absolute Gasteiger partial charge is 0.303 e. The molecule has 150 valence electrons. The molecule has 1 unspecified atom stereocenters. The van der Waals surface area contributed by atoms with Gasteiger partial charge in [-0.25, -0.2) is 4.99 Å². The van der Waals surface area contributed by atoms with Crippen LogP contribution in [0.3, 0.4) is 0 Å². The summed E-state index contributed by atoms with van der Waals surface area (Å²) in [6, 6.07) is 10.1. The number of carboxylic acids is 1. The van der Waals surface area contributed by atoms with Crippen molar-refractivity contribution in [2.45, 2.75) is 51.1 Å². The van der Waals surface area contributed by atoms with E-state index in [0.717, 1.165) is 61.2 Å². The summed E-state index contributed by atoms with van der Waals surface area (Å²) in [5.74, 6) is -0.712. The Morgan fingerprint density at radius 2 is 1.97 bits per heavy atom. The molecule has 0 spiro atoms. The van der Waals surface area contributed by atoms with E-state index in [1.165, 1.54) is 27.2 Å². The fourth-order valence-electron chi connectivity index (χ4n) is 5.15. The number of nitrogens with zero attached hydrogens (tertiary/aromatic N) is 2. The molecular formula is C23H27N3O2Si. The number of rotatable bonds is 4. The van der Waals surface area contributed by atoms with E-state index in [4.69, 9.17) is 9.98 Å². The zero-order chi connectivity index (χ0) is 20.0. The lowest BCUT2D eigenvalue weighted by Gasteiger charge is -2.34. The summed E-state index contributed by atoms with van der Waals surface area (Å²) in [7, 11) is -2.12. The Labute approximate surface area is 171 Å². The highest BCUT2D eigenvalue weighted by atomic mass is 28.3. The van der Waals surface area contributed by atoms with Crippen LogP contribution >= 0.6 is 0 Å². The minimum absolute atomic E-state index is 0.225. The summed E-state index contributed by atoms with van der Waals surface area (Å²) in [4.78, 5) is 21.1. The summed E-state index contributed by atoms with van der Waals surface area (Å²) in [6.45, 7) is 4.31. The third-order valence-electron chi connectivity index (χ3n) is 6.74. The second-order valence-corrected chi connectivity index (χ2v) is 13.0. The molecule has 0 radical (unpaired) electrons. The van der Waals surface area contributed by atoms with Crippen LogP contribution in [0, 0.1) is 0 Å². The lowest BCUT2D eigenvalue weighted by molar-refractivity contribution is -0.137. The molecule has 0 fully saturated rings. The van der Waals surface area contributed by atoms with E-state index in [-0.39, 0.29) is 6.42 Å². The first kappa shape index (κ1) is 18.5. The van der Waals surface area contributed by atoms with Gasteiger partial charge in [-0.05, 0) is 83.9 Å². The van der Waals surface area contributed by atoms with Crippen molar-refractivity contribution in [2.75, 3.05) is 18.4 Å². The van der Waals surface area contributed by atoms with Gasteiger partial charge in [0.05, 0.1) is 16.4 Å². The number of nitrogens with one attached hydrogen (secondary N) is 1. The predicted molar refractivity (Wildman–Crippen MR) is 117 cm³/mol. The van der Waals surface area contributed by atoms with Crippen LogP contribution in [-0.2, 0) is 17.6 Å². The SMILES string of the molecule is C[Si]1(CCCC(=O)O)c2cc3c(cc2N=c2cc4c(cc21)=NCCC4)CCCN3. The van der Waals surface area contributed by atoms with Gasteiger partial charge in [-0.1, -0.05) is 6.55 Å². The van der Waals surface area contributed by atoms with Crippen molar-refractivity contribution in [3.8, 4) is 0 Å². The van der Waals surface area contributed by atoms with Gasteiger partial charge in [-0.15, -0.1) is 0 Å². The second-order valence-electron chi connectivity index (χ2n) is 8.73. The van der Waals surface area contributed by atoms with Crippen molar-refractivity contribution in [2.24, 2.45) is 9.98 Å². The number of hydrogen-bond donors (Lipinski definition) is 2. The van der Waals surface area contributed by atoms with Crippen molar-refractivity contribution < 1.29 is 9.90 Å². The Kier molecular flexibility index (Phi) is 4.54. The minimum Gasteiger partial charge on any atom is -0.481 e. The maximum Gasteiger partial charge on any atom is 0.303 e. The van der Waals surface area contributed by atoms with Gasteiger partial charge in [0.2, 0.25) is 0 Å². The summed E-state index contributed by atoms with van der Waals surface area (Å²) >= 11 is 0. The summed E-state index contributed by atoms with van der Waals surface area (Å²) < 4.78 is 0. The molecule has 5 nitrogen and oxygen atoms in total. The van der Waals surface area contributed by atoms with Gasteiger partial charge in [0.1, 0.15) is 8.07 Å². The van der Waals surface area contributed by atoms with Gasteiger partial charge in [-0.2, -0.15) is 0 Å². The fraction of sp³-hybridized carbons (Fsp3) is 0.435. The number of aryl methyl sites for hydroxylation is 2. The highest BCUT2D eigenvalue weighted by molar-refractivity contribution is 7.02. The average Bonchev–Trinajstić information content (AvgIpc) is 2.72. The van der Waals surface area contributed by atoms with E-state index >= 15 is 0 Å². The van der Waals surface area contributed by atoms with E-state index in [1.807, 2.05) is 0 Å². The molecule has 0 bridgehead atoms. The number of anilines is 1. The lowest BCUT2D eigenvalue weighted by Crippen LogP contribution is -2.63. The van der Waals surface area contributed by atoms with E-state index < -0.39 is 14.0 Å². The van der Waals surface area contributed by atoms with Gasteiger partial charge in [0.15, 0.2) is 0 Å². The Morgan fingerprint density at radius 3 is 2.83 bits per heavy atom. The highest BCUT2D eigenvalue weighted by Crippen LogP contribution is 2.30. The van der Waals surface area contributed by atoms with Gasteiger partial charge in [0, 0.05) is 25.2 Å². The molecule has 6 heteroatoms. The van der Waals surface area contributed by atoms with Crippen molar-refractivity contribution in [3.05, 3.63) is 46.1 Å². The van der Waals surface area contributed by atoms with E-state index in [0.29, 0.717) is 6.42 Å². The van der Waals surface area contributed by atoms with Crippen molar-refractivity contribution in [3.63, 3.8) is 0 Å². The van der Waals surface area contributed by atoms with Crippen LogP contribution < -0.4 is 26.4 Å². The van der Waals surface area contributed by atoms with Crippen LogP contribution in [0.5, 0.6) is 0 Å². The van der Waals surface area contributed by atoms with Crippen LogP contribution in [0.25, 0.3) is 0 Å². The first-order valence-electron chi connectivity index (χ1n) is 10.7. The van der Waals surface area contributed by atoms with Crippen molar-refractivity contribution >= 4 is 35.8 Å². The molecule has 3 heterocycles. The molecule has 3 aliphatic rings. The van der Waals surface area contributed by atoms with E-state index in [1.54, 1.807) is 0 Å². The average molecular weight is 406 g/mol. The molecule has 2 aromatic carbocycles. The van der Waals surface area contributed by atoms with Gasteiger partial charge in [-0.3, -0.25) is 9.79 Å². The molecule has 0 saturated carbocycles. The van der Waals surface area contributed by atoms with Crippen LogP contribution in [-0.4, -0.2) is 32.2 Å². The number of benzene rings is 2. The molecule has 5 rings (SSSR count). The number of hydrogen-bond acceptors (Lipinski definition) is 4. The number of aliphatic carboxylic acids is 1. The minimum atomic E-state index is -2.12. The van der Waals surface area contributed by atoms with Crippen LogP contribution in [0.2, 0.25) is 12.6 Å². The molecule has 0 amide bonds. The quantitative estimate of drug-likeness (QED) is 0.764. The largest absolute Gasteiger partial charge is 0.481 e. The maximum absolute atomic E-state index is 11.2. The first-order valence-corrected chi connectivity index (χ1v) is 13.4. The Morgan fingerprint density at radius 1 is 1.10 bits per heavy atom. The van der Waals surface area contributed by atoms with Gasteiger partial charge < -0.3 is 10.4 Å². The summed E-state index contributed by atoms with van der Waals surface area (Å²) in [5, 5.41) is 17.7. The first-order chi connectivity index (χ1) is 14.0. The van der Waals surface area contributed by atoms with E-state index in [2.05, 4.69) is 36.1 Å². The van der Waals surface area contributed by atoms with Crippen molar-refractivity contribution in [1.82, 2.24) is 0 Å². The fourth-order valence-corrected chi connectivity index (χ4v) is 9.17. The summed E-state index contributed by atoms with van der Waals surface area (Å²) in [5.41, 5.74) is 5.02. The number of carboxylic acid groups (broad SMARTS) is 1. The van der Waals surface area contributed by atoms with Gasteiger partial charge >= 0.3 is 5.97 Å². The molecule has 1 atom stereocenters. The van der Waals surface area contributed by atoms with Gasteiger partial charge in [0.25, 0.3) is 0 Å². The predicted octanol–water partition coefficient (Wildman–Crippen LogP) is 1.93. The normalized spacial score (nSPS) is 21.4. The third kappa shape index (κ3) is 3.19. The van der Waals surface area contributed by atoms with Crippen LogP contribution in [0.15, 0.2) is 34.3 Å². The molecule has 2 N–H and O–H groups in total. The molecule has 29 heavy (non-hydrogen) atoms. The van der Waals surface area contributed by atoms with Crippen LogP contribution in [0.4, 0.5) is 11.4 Å². The molecule has 0 saturated heterocycles. The lowest BCUT2D eigenvalue weighted by atomic mass is 10.0. The number of fused-ring (bicyclic) bond motifs is 4. The zero-order valence-electron chi connectivity index (χ0n) is 16.9. The highest BCUT2D eigenvalue weighted by Gasteiger charge is 2.38. The summed E-state index contributed by atoms with van der Waals surface area (Å²) in [6.07, 6.45) is 5.36. The molecule has 2 aromatic rings. The standard InChI is InChI=1S/C23H27N3O2Si/c1-29(10-4-7-23(27)28)21-13-17-15(5-2-8-24-17)11-19(21)26-20-12-16-6-3-9-25-18(16)14-22(20)29/h11-14,24H,2-10H2,1H3,(H,27,28). The third-order valence-corrected chi connectivity index (χ3v) is 11.3. The Balaban J connectivity index is 1.71. The van der Waals surface area contributed by atoms with Crippen molar-refractivity contribution in [1.29, 1.82) is 0 Å². The zero-order valence-corrected chi connectivity index (χ0v) is 17.9. The Bertz CT molecular complexity index is 1130. The number of carbonyl (C=O) groups is 1. The Hall–Kier alpha value is -2.47.